The lowest BCUT2D eigenvalue weighted by molar-refractivity contribution is -0.121. The van der Waals surface area contributed by atoms with Gasteiger partial charge in [0.25, 0.3) is 0 Å². The molecule has 122 valence electrons. The molecule has 0 fully saturated rings. The van der Waals surface area contributed by atoms with Gasteiger partial charge in [0.1, 0.15) is 11.4 Å². The lowest BCUT2D eigenvalue weighted by Gasteiger charge is -2.14. The Morgan fingerprint density at radius 3 is 3.08 bits per heavy atom. The maximum atomic E-state index is 13.8. The molecule has 1 unspecified atom stereocenters. The Kier molecular flexibility index (Phi) is 3.60. The van der Waals surface area contributed by atoms with Crippen molar-refractivity contribution in [3.05, 3.63) is 70.7 Å². The van der Waals surface area contributed by atoms with Gasteiger partial charge in [-0.3, -0.25) is 4.79 Å². The van der Waals surface area contributed by atoms with E-state index in [2.05, 4.69) is 5.32 Å². The molecule has 0 saturated heterocycles. The van der Waals surface area contributed by atoms with Gasteiger partial charge < -0.3 is 9.73 Å². The number of carbonyl (C=O) groups is 1. The Balaban J connectivity index is 1.51. The van der Waals surface area contributed by atoms with Crippen molar-refractivity contribution in [3.8, 4) is 0 Å². The number of aryl methyl sites for hydroxylation is 1. The summed E-state index contributed by atoms with van der Waals surface area (Å²) in [6, 6.07) is 10.9. The van der Waals surface area contributed by atoms with Crippen molar-refractivity contribution in [2.45, 2.75) is 32.2 Å². The average molecular weight is 323 g/mol. The number of furan rings is 1. The molecule has 0 saturated carbocycles. The molecule has 1 aliphatic rings. The molecule has 1 N–H and O–H groups in total. The first kappa shape index (κ1) is 14.9. The molecule has 4 heteroatoms. The zero-order valence-corrected chi connectivity index (χ0v) is 13.4. The molecule has 1 atom stereocenters. The lowest BCUT2D eigenvalue weighted by Crippen LogP contribution is -2.28. The van der Waals surface area contributed by atoms with Crippen LogP contribution in [0.25, 0.3) is 11.0 Å². The van der Waals surface area contributed by atoms with E-state index < -0.39 is 0 Å². The number of halogens is 1. The predicted molar refractivity (Wildman–Crippen MR) is 90.3 cm³/mol. The highest BCUT2D eigenvalue weighted by Crippen LogP contribution is 2.32. The van der Waals surface area contributed by atoms with E-state index in [4.69, 9.17) is 4.42 Å². The highest BCUT2D eigenvalue weighted by molar-refractivity contribution is 5.88. The Bertz CT molecular complexity index is 929. The van der Waals surface area contributed by atoms with Crippen molar-refractivity contribution < 1.29 is 13.6 Å². The van der Waals surface area contributed by atoms with Crippen molar-refractivity contribution in [1.29, 1.82) is 0 Å². The monoisotopic (exact) mass is 323 g/mol. The smallest absolute Gasteiger partial charge is 0.225 e. The van der Waals surface area contributed by atoms with Crippen LogP contribution in [0.4, 0.5) is 4.39 Å². The second-order valence-electron chi connectivity index (χ2n) is 6.40. The molecular formula is C20H18FNO2. The summed E-state index contributed by atoms with van der Waals surface area (Å²) in [4.78, 5) is 12.4. The highest BCUT2D eigenvalue weighted by Gasteiger charge is 2.26. The van der Waals surface area contributed by atoms with Crippen LogP contribution < -0.4 is 5.32 Å². The number of rotatable bonds is 3. The minimum atomic E-state index is -0.180. The Hall–Kier alpha value is -2.62. The van der Waals surface area contributed by atoms with E-state index in [1.165, 1.54) is 6.07 Å². The fourth-order valence-corrected chi connectivity index (χ4v) is 3.51. The quantitative estimate of drug-likeness (QED) is 0.784. The fourth-order valence-electron chi connectivity index (χ4n) is 3.51. The van der Waals surface area contributed by atoms with Crippen LogP contribution in [-0.2, 0) is 17.6 Å². The molecule has 1 heterocycles. The third-order valence-corrected chi connectivity index (χ3v) is 4.71. The minimum absolute atomic E-state index is 0.0691. The number of hydrogen-bond donors (Lipinski definition) is 1. The van der Waals surface area contributed by atoms with Crippen LogP contribution >= 0.6 is 0 Å². The summed E-state index contributed by atoms with van der Waals surface area (Å²) < 4.78 is 19.3. The zero-order valence-electron chi connectivity index (χ0n) is 13.4. The molecule has 0 bridgehead atoms. The summed E-state index contributed by atoms with van der Waals surface area (Å²) in [6.07, 6.45) is 3.32. The van der Waals surface area contributed by atoms with Crippen LogP contribution in [0.2, 0.25) is 0 Å². The van der Waals surface area contributed by atoms with Gasteiger partial charge >= 0.3 is 0 Å². The van der Waals surface area contributed by atoms with Crippen LogP contribution in [-0.4, -0.2) is 5.91 Å². The topological polar surface area (TPSA) is 42.2 Å². The summed E-state index contributed by atoms with van der Waals surface area (Å²) in [6.45, 7) is 2.00. The number of amides is 1. The van der Waals surface area contributed by atoms with E-state index in [0.29, 0.717) is 6.42 Å². The van der Waals surface area contributed by atoms with Gasteiger partial charge in [0.2, 0.25) is 5.91 Å². The maximum Gasteiger partial charge on any atom is 0.225 e. The molecule has 0 spiro atoms. The number of fused-ring (bicyclic) bond motifs is 2. The highest BCUT2D eigenvalue weighted by atomic mass is 19.1. The zero-order chi connectivity index (χ0) is 16.7. The first-order valence-corrected chi connectivity index (χ1v) is 8.15. The molecule has 24 heavy (non-hydrogen) atoms. The number of nitrogens with one attached hydrogen (secondary N) is 1. The van der Waals surface area contributed by atoms with Crippen LogP contribution in [0.3, 0.4) is 0 Å². The van der Waals surface area contributed by atoms with Crippen LogP contribution in [0.1, 0.15) is 34.7 Å². The summed E-state index contributed by atoms with van der Waals surface area (Å²) in [7, 11) is 0. The van der Waals surface area contributed by atoms with Crippen molar-refractivity contribution in [3.63, 3.8) is 0 Å². The first-order valence-electron chi connectivity index (χ1n) is 8.15. The minimum Gasteiger partial charge on any atom is -0.464 e. The molecule has 1 aromatic heterocycles. The fraction of sp³-hybridized carbons (Fsp3) is 0.250. The van der Waals surface area contributed by atoms with E-state index in [1.54, 1.807) is 12.3 Å². The van der Waals surface area contributed by atoms with Crippen LogP contribution in [0.15, 0.2) is 47.1 Å². The largest absolute Gasteiger partial charge is 0.464 e. The number of benzene rings is 2. The molecule has 1 amide bonds. The maximum absolute atomic E-state index is 13.8. The Morgan fingerprint density at radius 1 is 1.33 bits per heavy atom. The third kappa shape index (κ3) is 2.58. The standard InChI is InChI=1S/C20H18FNO2/c1-12-5-6-14-13(11-24-19(14)9-12)10-20(23)22-18-8-7-15-16(18)3-2-4-17(15)21/h2-6,9,11,18H,7-8,10H2,1H3,(H,22,23). The van der Waals surface area contributed by atoms with Gasteiger partial charge in [0.05, 0.1) is 18.7 Å². The molecular weight excluding hydrogens is 305 g/mol. The van der Waals surface area contributed by atoms with Gasteiger partial charge in [-0.1, -0.05) is 24.3 Å². The summed E-state index contributed by atoms with van der Waals surface area (Å²) in [5.41, 5.74) is 4.42. The average Bonchev–Trinajstić information content (AvgIpc) is 3.13. The second-order valence-corrected chi connectivity index (χ2v) is 6.40. The normalized spacial score (nSPS) is 16.3. The van der Waals surface area contributed by atoms with Gasteiger partial charge in [-0.05, 0) is 48.6 Å². The molecule has 2 aromatic carbocycles. The predicted octanol–water partition coefficient (Wildman–Crippen LogP) is 4.23. The number of hydrogen-bond acceptors (Lipinski definition) is 2. The number of carbonyl (C=O) groups excluding carboxylic acids is 1. The van der Waals surface area contributed by atoms with Crippen molar-refractivity contribution in [2.24, 2.45) is 0 Å². The van der Waals surface area contributed by atoms with E-state index in [-0.39, 0.29) is 24.2 Å². The summed E-state index contributed by atoms with van der Waals surface area (Å²) >= 11 is 0. The van der Waals surface area contributed by atoms with Gasteiger partial charge in [0, 0.05) is 10.9 Å². The van der Waals surface area contributed by atoms with Gasteiger partial charge in [0.15, 0.2) is 0 Å². The second kappa shape index (κ2) is 5.78. The molecule has 0 radical (unpaired) electrons. The SMILES string of the molecule is Cc1ccc2c(CC(=O)NC3CCc4c(F)cccc43)coc2c1. The van der Waals surface area contributed by atoms with Crippen molar-refractivity contribution in [2.75, 3.05) is 0 Å². The van der Waals surface area contributed by atoms with E-state index in [9.17, 15) is 9.18 Å². The van der Waals surface area contributed by atoms with E-state index in [1.807, 2.05) is 31.2 Å². The van der Waals surface area contributed by atoms with Crippen LogP contribution in [0, 0.1) is 12.7 Å². The molecule has 4 rings (SSSR count). The lowest BCUT2D eigenvalue weighted by atomic mass is 10.1. The van der Waals surface area contributed by atoms with Crippen molar-refractivity contribution >= 4 is 16.9 Å². The van der Waals surface area contributed by atoms with E-state index >= 15 is 0 Å². The van der Waals surface area contributed by atoms with E-state index in [0.717, 1.165) is 39.6 Å². The van der Waals surface area contributed by atoms with Gasteiger partial charge in [-0.25, -0.2) is 4.39 Å². The Morgan fingerprint density at radius 2 is 2.21 bits per heavy atom. The van der Waals surface area contributed by atoms with Gasteiger partial charge in [-0.2, -0.15) is 0 Å². The molecule has 0 aliphatic heterocycles. The molecule has 1 aliphatic carbocycles. The molecule has 3 nitrogen and oxygen atoms in total. The first-order chi connectivity index (χ1) is 11.6. The summed E-state index contributed by atoms with van der Waals surface area (Å²) in [5.74, 6) is -0.249. The molecule has 3 aromatic rings. The van der Waals surface area contributed by atoms with Crippen molar-refractivity contribution in [1.82, 2.24) is 5.32 Å². The third-order valence-electron chi connectivity index (χ3n) is 4.71. The van der Waals surface area contributed by atoms with Crippen LogP contribution in [0.5, 0.6) is 0 Å². The summed E-state index contributed by atoms with van der Waals surface area (Å²) in [5, 5.41) is 4.00. The Labute approximate surface area is 139 Å². The van der Waals surface area contributed by atoms with Gasteiger partial charge in [-0.15, -0.1) is 0 Å².